The van der Waals surface area contributed by atoms with Crippen LogP contribution in [0.15, 0.2) is 35.4 Å². The Hall–Kier alpha value is -4.00. The lowest BCUT2D eigenvalue weighted by molar-refractivity contribution is 0.00732. The summed E-state index contributed by atoms with van der Waals surface area (Å²) in [5, 5.41) is 10.3. The molecule has 0 radical (unpaired) electrons. The van der Waals surface area contributed by atoms with E-state index < -0.39 is 35.4 Å². The number of ether oxygens (including phenoxy) is 2. The van der Waals surface area contributed by atoms with Gasteiger partial charge in [0.15, 0.2) is 5.65 Å². The number of pyridine rings is 1. The molecule has 208 valence electrons. The second-order valence-corrected chi connectivity index (χ2v) is 10.8. The van der Waals surface area contributed by atoms with E-state index in [0.717, 1.165) is 12.8 Å². The van der Waals surface area contributed by atoms with Gasteiger partial charge in [0, 0.05) is 32.8 Å². The number of carbonyl (C=O) groups excluding carboxylic acids is 2. The number of hydrogen-bond acceptors (Lipinski definition) is 8. The second kappa shape index (κ2) is 9.95. The molecule has 2 fully saturated rings. The van der Waals surface area contributed by atoms with Crippen LogP contribution in [0.25, 0.3) is 5.65 Å². The highest BCUT2D eigenvalue weighted by Gasteiger charge is 2.40. The number of halogens is 1. The first kappa shape index (κ1) is 26.6. The van der Waals surface area contributed by atoms with Crippen LogP contribution in [-0.2, 0) is 9.47 Å². The van der Waals surface area contributed by atoms with Gasteiger partial charge in [0.2, 0.25) is 0 Å². The van der Waals surface area contributed by atoms with Crippen LogP contribution in [0.4, 0.5) is 26.5 Å². The quantitative estimate of drug-likeness (QED) is 0.466. The number of methoxy groups -OCH3 is 1. The van der Waals surface area contributed by atoms with Gasteiger partial charge in [-0.2, -0.15) is 9.61 Å². The Morgan fingerprint density at radius 2 is 2.00 bits per heavy atom. The number of nitrogens with one attached hydrogen (secondary N) is 2. The number of nitrogens with zero attached hydrogens (tertiary/aromatic N) is 5. The van der Waals surface area contributed by atoms with Gasteiger partial charge in [0.1, 0.15) is 34.7 Å². The molecule has 3 aromatic heterocycles. The van der Waals surface area contributed by atoms with Gasteiger partial charge < -0.3 is 24.7 Å². The van der Waals surface area contributed by atoms with E-state index in [-0.39, 0.29) is 47.1 Å². The van der Waals surface area contributed by atoms with Crippen molar-refractivity contribution in [1.82, 2.24) is 24.5 Å². The van der Waals surface area contributed by atoms with Crippen molar-refractivity contribution < 1.29 is 23.5 Å². The van der Waals surface area contributed by atoms with Gasteiger partial charge >= 0.3 is 6.09 Å². The molecule has 0 saturated heterocycles. The molecule has 0 bridgehead atoms. The second-order valence-electron chi connectivity index (χ2n) is 10.8. The summed E-state index contributed by atoms with van der Waals surface area (Å²) in [7, 11) is 3.11. The highest BCUT2D eigenvalue weighted by molar-refractivity contribution is 6.00. The van der Waals surface area contributed by atoms with Crippen molar-refractivity contribution in [2.75, 3.05) is 24.4 Å². The minimum Gasteiger partial charge on any atom is -0.443 e. The van der Waals surface area contributed by atoms with E-state index in [1.165, 1.54) is 33.3 Å². The van der Waals surface area contributed by atoms with Crippen LogP contribution < -0.4 is 21.1 Å². The van der Waals surface area contributed by atoms with E-state index in [2.05, 4.69) is 20.7 Å². The maximum absolute atomic E-state index is 13.7. The summed E-state index contributed by atoms with van der Waals surface area (Å²) in [6, 6.07) is 4.10. The van der Waals surface area contributed by atoms with Gasteiger partial charge in [-0.1, -0.05) is 0 Å². The number of rotatable bonds is 7. The largest absolute Gasteiger partial charge is 0.443 e. The van der Waals surface area contributed by atoms with Crippen LogP contribution >= 0.6 is 0 Å². The van der Waals surface area contributed by atoms with Gasteiger partial charge in [-0.15, -0.1) is 0 Å². The van der Waals surface area contributed by atoms with E-state index in [4.69, 9.17) is 9.47 Å². The summed E-state index contributed by atoms with van der Waals surface area (Å²) in [5.74, 6) is 0.0388. The van der Waals surface area contributed by atoms with Crippen molar-refractivity contribution in [2.45, 2.75) is 70.0 Å². The predicted octanol–water partition coefficient (Wildman–Crippen LogP) is 3.20. The maximum Gasteiger partial charge on any atom is 0.415 e. The van der Waals surface area contributed by atoms with E-state index in [1.807, 2.05) is 0 Å². The zero-order chi connectivity index (χ0) is 28.1. The molecule has 13 heteroatoms. The third kappa shape index (κ3) is 5.31. The standard InChI is InChI=1S/C26H32FN7O5/c1-26(2,3)39-25(37)32(4)21-12-20(29-17-7-6-10-33(24(17)36)18-11-15(18)27)31-22-14(13-28-34(21)22)23(35)30-16-8-9-19(16)38-5/h6-7,10,12-13,15-16,18-19H,8-9,11H2,1-5H3,(H,29,31)(H,30,35)/t15-,16?,18?,19+/m1/s1. The third-order valence-corrected chi connectivity index (χ3v) is 6.81. The molecule has 2 unspecified atom stereocenters. The highest BCUT2D eigenvalue weighted by atomic mass is 19.1. The van der Waals surface area contributed by atoms with Crippen molar-refractivity contribution in [3.8, 4) is 0 Å². The zero-order valence-electron chi connectivity index (χ0n) is 22.5. The van der Waals surface area contributed by atoms with Crippen molar-refractivity contribution in [3.05, 3.63) is 46.5 Å². The SMILES string of the molecule is CO[C@H]1CCC1NC(=O)c1cnn2c(N(C)C(=O)OC(C)(C)C)cc(Nc3cccn(C4C[C@H]4F)c3=O)nc12. The lowest BCUT2D eigenvalue weighted by atomic mass is 9.89. The molecule has 2 saturated carbocycles. The van der Waals surface area contributed by atoms with Crippen molar-refractivity contribution >= 4 is 35.0 Å². The normalized spacial score (nSPS) is 22.2. The van der Waals surface area contributed by atoms with E-state index in [1.54, 1.807) is 46.2 Å². The number of fused-ring (bicyclic) bond motifs is 1. The van der Waals surface area contributed by atoms with Crippen molar-refractivity contribution in [2.24, 2.45) is 0 Å². The molecule has 0 spiro atoms. The Bertz CT molecular complexity index is 1480. The third-order valence-electron chi connectivity index (χ3n) is 6.81. The molecule has 2 aliphatic carbocycles. The molecule has 5 rings (SSSR count). The number of hydrogen-bond donors (Lipinski definition) is 2. The Morgan fingerprint density at radius 1 is 1.26 bits per heavy atom. The molecular weight excluding hydrogens is 509 g/mol. The van der Waals surface area contributed by atoms with Crippen LogP contribution in [-0.4, -0.2) is 69.2 Å². The average molecular weight is 542 g/mol. The zero-order valence-corrected chi connectivity index (χ0v) is 22.5. The minimum absolute atomic E-state index is 0.0644. The Morgan fingerprint density at radius 3 is 2.62 bits per heavy atom. The summed E-state index contributed by atoms with van der Waals surface area (Å²) in [6.07, 6.45) is 3.08. The summed E-state index contributed by atoms with van der Waals surface area (Å²) in [5.41, 5.74) is -0.641. The number of carbonyl (C=O) groups is 2. The fourth-order valence-electron chi connectivity index (χ4n) is 4.44. The van der Waals surface area contributed by atoms with Crippen LogP contribution in [0.1, 0.15) is 56.4 Å². The first-order chi connectivity index (χ1) is 18.5. The van der Waals surface area contributed by atoms with Crippen molar-refractivity contribution in [3.63, 3.8) is 0 Å². The molecule has 3 heterocycles. The van der Waals surface area contributed by atoms with E-state index in [9.17, 15) is 18.8 Å². The summed E-state index contributed by atoms with van der Waals surface area (Å²) >= 11 is 0. The number of aromatic nitrogens is 4. The molecule has 3 aromatic rings. The first-order valence-corrected chi connectivity index (χ1v) is 12.8. The summed E-state index contributed by atoms with van der Waals surface area (Å²) in [6.45, 7) is 5.25. The molecular formula is C26H32FN7O5. The molecule has 2 N–H and O–H groups in total. The Balaban J connectivity index is 1.54. The average Bonchev–Trinajstić information content (AvgIpc) is 3.42. The fraction of sp³-hybridized carbons (Fsp3) is 0.500. The minimum atomic E-state index is -1.05. The summed E-state index contributed by atoms with van der Waals surface area (Å²) < 4.78 is 27.3. The highest BCUT2D eigenvalue weighted by Crippen LogP contribution is 2.38. The molecule has 2 amide bonds. The summed E-state index contributed by atoms with van der Waals surface area (Å²) in [4.78, 5) is 44.9. The maximum atomic E-state index is 13.7. The van der Waals surface area contributed by atoms with Crippen LogP contribution in [0.5, 0.6) is 0 Å². The molecule has 0 aliphatic heterocycles. The molecule has 4 atom stereocenters. The lowest BCUT2D eigenvalue weighted by Gasteiger charge is -2.35. The van der Waals surface area contributed by atoms with Crippen LogP contribution in [0.2, 0.25) is 0 Å². The molecule has 39 heavy (non-hydrogen) atoms. The van der Waals surface area contributed by atoms with Crippen molar-refractivity contribution in [1.29, 1.82) is 0 Å². The molecule has 2 aliphatic rings. The van der Waals surface area contributed by atoms with Crippen LogP contribution in [0, 0.1) is 0 Å². The van der Waals surface area contributed by atoms with Gasteiger partial charge in [-0.25, -0.2) is 14.2 Å². The van der Waals surface area contributed by atoms with Gasteiger partial charge in [0.25, 0.3) is 11.5 Å². The van der Waals surface area contributed by atoms with Gasteiger partial charge in [-0.05, 0) is 45.7 Å². The van der Waals surface area contributed by atoms with Gasteiger partial charge in [-0.3, -0.25) is 14.5 Å². The smallest absolute Gasteiger partial charge is 0.415 e. The molecule has 12 nitrogen and oxygen atoms in total. The first-order valence-electron chi connectivity index (χ1n) is 12.8. The van der Waals surface area contributed by atoms with E-state index >= 15 is 0 Å². The number of amides is 2. The lowest BCUT2D eigenvalue weighted by Crippen LogP contribution is -2.51. The van der Waals surface area contributed by atoms with Gasteiger partial charge in [0.05, 0.1) is 24.4 Å². The van der Waals surface area contributed by atoms with Crippen LogP contribution in [0.3, 0.4) is 0 Å². The topological polar surface area (TPSA) is 132 Å². The monoisotopic (exact) mass is 541 g/mol. The Kier molecular flexibility index (Phi) is 6.79. The fourth-order valence-corrected chi connectivity index (χ4v) is 4.44. The number of alkyl halides is 1. The molecule has 0 aromatic carbocycles. The number of anilines is 3. The Labute approximate surface area is 224 Å². The van der Waals surface area contributed by atoms with E-state index in [0.29, 0.717) is 0 Å². The predicted molar refractivity (Wildman–Crippen MR) is 141 cm³/mol.